The van der Waals surface area contributed by atoms with Gasteiger partial charge in [-0.3, -0.25) is 0 Å². The van der Waals surface area contributed by atoms with E-state index >= 15 is 0 Å². The molecular weight excluding hydrogens is 710 g/mol. The van der Waals surface area contributed by atoms with Crippen LogP contribution in [0.25, 0.3) is 104 Å². The van der Waals surface area contributed by atoms with Crippen molar-refractivity contribution in [1.29, 1.82) is 0 Å². The van der Waals surface area contributed by atoms with Crippen LogP contribution < -0.4 is 0 Å². The number of fused-ring (bicyclic) bond motifs is 14. The molecule has 0 atom stereocenters. The Hall–Kier alpha value is -4.94. The van der Waals surface area contributed by atoms with Crippen molar-refractivity contribution in [2.45, 2.75) is 0 Å². The maximum atomic E-state index is 2.56. The Morgan fingerprint density at radius 1 is 0.250 bits per heavy atom. The Morgan fingerprint density at radius 2 is 0.792 bits per heavy atom. The molecule has 2 heterocycles. The molecule has 0 bridgehead atoms. The zero-order valence-corrected chi connectivity index (χ0v) is 29.3. The van der Waals surface area contributed by atoms with E-state index in [-0.39, 0.29) is 14.5 Å². The zero-order valence-electron chi connectivity index (χ0n) is 25.8. The minimum absolute atomic E-state index is 0.282. The third-order valence-corrected chi connectivity index (χ3v) is 14.9. The fourth-order valence-electron chi connectivity index (χ4n) is 8.04. The van der Waals surface area contributed by atoms with Gasteiger partial charge in [0.05, 0.1) is 0 Å². The number of hydrogen-bond acceptors (Lipinski definition) is 0. The summed E-state index contributed by atoms with van der Waals surface area (Å²) in [5, 5.41) is 16.5. The van der Waals surface area contributed by atoms with Gasteiger partial charge in [0.15, 0.2) is 0 Å². The molecule has 2 heteroatoms. The van der Waals surface area contributed by atoms with Crippen LogP contribution in [0.15, 0.2) is 158 Å². The second-order valence-corrected chi connectivity index (χ2v) is 17.4. The average molecular weight is 737 g/mol. The van der Waals surface area contributed by atoms with Crippen LogP contribution in [0.2, 0.25) is 0 Å². The van der Waals surface area contributed by atoms with E-state index in [1.165, 1.54) is 95.4 Å². The zero-order chi connectivity index (χ0) is 31.3. The van der Waals surface area contributed by atoms with Crippen molar-refractivity contribution in [3.05, 3.63) is 158 Å². The minimum Gasteiger partial charge on any atom is -0.0617 e. The molecule has 0 aliphatic rings. The van der Waals surface area contributed by atoms with Crippen LogP contribution in [0.3, 0.4) is 0 Å². The topological polar surface area (TPSA) is 0 Å². The summed E-state index contributed by atoms with van der Waals surface area (Å²) >= 11 is 0.671. The molecule has 222 valence electrons. The molecule has 0 fully saturated rings. The van der Waals surface area contributed by atoms with E-state index < -0.39 is 0 Å². The summed E-state index contributed by atoms with van der Waals surface area (Å²) in [6, 6.07) is 59.5. The monoisotopic (exact) mass is 738 g/mol. The Labute approximate surface area is 289 Å². The normalized spacial score (nSPS) is 12.2. The van der Waals surface area contributed by atoms with E-state index in [0.29, 0.717) is 14.5 Å². The van der Waals surface area contributed by atoms with Crippen molar-refractivity contribution in [1.82, 2.24) is 0 Å². The third kappa shape index (κ3) is 3.90. The summed E-state index contributed by atoms with van der Waals surface area (Å²) < 4.78 is 6.12. The van der Waals surface area contributed by atoms with Crippen molar-refractivity contribution in [2.75, 3.05) is 0 Å². The predicted molar refractivity (Wildman–Crippen MR) is 211 cm³/mol. The van der Waals surface area contributed by atoms with Gasteiger partial charge in [-0.1, -0.05) is 18.2 Å². The van der Waals surface area contributed by atoms with Crippen LogP contribution in [-0.2, 0) is 0 Å². The van der Waals surface area contributed by atoms with Crippen LogP contribution in [0.5, 0.6) is 0 Å². The number of rotatable bonds is 2. The molecule has 0 radical (unpaired) electrons. The van der Waals surface area contributed by atoms with Crippen molar-refractivity contribution in [3.8, 4) is 22.3 Å². The van der Waals surface area contributed by atoms with E-state index in [9.17, 15) is 0 Å². The SMILES string of the molecule is c1ccc(-c2cccc(-c3cc4c5ccccc5c5cc6c(cc5c4c4ccccc34)[se]c3cc4[se]c5ccccc5c4cc36)c2)cc1. The summed E-state index contributed by atoms with van der Waals surface area (Å²) in [6.07, 6.45) is 0. The minimum atomic E-state index is 0.282. The average Bonchev–Trinajstić information content (AvgIpc) is 3.69. The van der Waals surface area contributed by atoms with Crippen molar-refractivity contribution >= 4 is 111 Å². The van der Waals surface area contributed by atoms with E-state index in [0.717, 1.165) is 0 Å². The van der Waals surface area contributed by atoms with Gasteiger partial charge >= 0.3 is 272 Å². The summed E-state index contributed by atoms with van der Waals surface area (Å²) in [5.74, 6) is 0. The van der Waals surface area contributed by atoms with E-state index in [4.69, 9.17) is 0 Å². The summed E-state index contributed by atoms with van der Waals surface area (Å²) in [4.78, 5) is 0. The fourth-order valence-corrected chi connectivity index (χ4v) is 13.2. The first kappa shape index (κ1) is 27.1. The first-order valence-corrected chi connectivity index (χ1v) is 19.8. The van der Waals surface area contributed by atoms with Gasteiger partial charge in [0, 0.05) is 0 Å². The molecule has 0 N–H and O–H groups in total. The molecule has 0 nitrogen and oxygen atoms in total. The third-order valence-electron chi connectivity index (χ3n) is 10.2. The van der Waals surface area contributed by atoms with E-state index in [1.54, 1.807) is 8.52 Å². The van der Waals surface area contributed by atoms with Crippen LogP contribution >= 0.6 is 0 Å². The van der Waals surface area contributed by atoms with Crippen LogP contribution in [0, 0.1) is 0 Å². The maximum absolute atomic E-state index is 2.56. The summed E-state index contributed by atoms with van der Waals surface area (Å²) in [7, 11) is 0. The first-order valence-electron chi connectivity index (χ1n) is 16.4. The Bertz CT molecular complexity index is 3100. The van der Waals surface area contributed by atoms with Gasteiger partial charge in [-0.2, -0.15) is 0 Å². The van der Waals surface area contributed by atoms with E-state index in [1.807, 2.05) is 0 Å². The van der Waals surface area contributed by atoms with Crippen LogP contribution in [-0.4, -0.2) is 29.0 Å². The summed E-state index contributed by atoms with van der Waals surface area (Å²) in [6.45, 7) is 0. The van der Waals surface area contributed by atoms with Crippen molar-refractivity contribution in [2.24, 2.45) is 0 Å². The number of hydrogen-bond donors (Lipinski definition) is 0. The van der Waals surface area contributed by atoms with Gasteiger partial charge in [-0.25, -0.2) is 0 Å². The van der Waals surface area contributed by atoms with Gasteiger partial charge < -0.3 is 0 Å². The second kappa shape index (κ2) is 10.3. The summed E-state index contributed by atoms with van der Waals surface area (Å²) in [5.41, 5.74) is 5.03. The van der Waals surface area contributed by atoms with Crippen LogP contribution in [0.4, 0.5) is 0 Å². The molecule has 2 aromatic heterocycles. The van der Waals surface area contributed by atoms with Gasteiger partial charge in [0.1, 0.15) is 0 Å². The molecule has 11 rings (SSSR count). The first-order chi connectivity index (χ1) is 23.8. The molecule has 0 aliphatic heterocycles. The van der Waals surface area contributed by atoms with Gasteiger partial charge in [0.25, 0.3) is 0 Å². The molecular formula is C46H26Se2. The molecule has 0 saturated heterocycles. The fraction of sp³-hybridized carbons (Fsp3) is 0. The van der Waals surface area contributed by atoms with Crippen LogP contribution in [0.1, 0.15) is 0 Å². The Kier molecular flexibility index (Phi) is 5.79. The predicted octanol–water partition coefficient (Wildman–Crippen LogP) is 12.4. The van der Waals surface area contributed by atoms with Gasteiger partial charge in [-0.05, 0) is 0 Å². The molecule has 0 aliphatic carbocycles. The molecule has 0 saturated carbocycles. The van der Waals surface area contributed by atoms with Gasteiger partial charge in [0.2, 0.25) is 0 Å². The molecule has 11 aromatic rings. The Morgan fingerprint density at radius 3 is 1.60 bits per heavy atom. The van der Waals surface area contributed by atoms with Crippen molar-refractivity contribution in [3.63, 3.8) is 0 Å². The molecule has 48 heavy (non-hydrogen) atoms. The molecule has 0 unspecified atom stereocenters. The molecule has 0 amide bonds. The molecule has 0 spiro atoms. The molecule has 9 aromatic carbocycles. The Balaban J connectivity index is 1.25. The second-order valence-electron chi connectivity index (χ2n) is 12.8. The van der Waals surface area contributed by atoms with Crippen molar-refractivity contribution < 1.29 is 0 Å². The number of benzene rings is 9. The smallest absolute Gasteiger partial charge is 0.0617 e. The quantitative estimate of drug-likeness (QED) is 0.122. The standard InChI is InChI=1S/C46H26Se2/c1-2-11-27(12-3-1)28-13-10-14-29(21-28)35-22-40-31-16-5-4-15-30(31)36-23-38-39-24-37-33-18-8-9-20-42(33)47-44(37)26-45(39)48-43(38)25-41(36)46(40)34-19-7-6-17-32(34)35/h1-26H. The van der Waals surface area contributed by atoms with E-state index in [2.05, 4.69) is 158 Å². The van der Waals surface area contributed by atoms with Gasteiger partial charge in [-0.15, -0.1) is 0 Å².